The number of unbranched alkanes of at least 4 members (excludes halogenated alkanes) is 1. The number of nitrogen functional groups attached to an aromatic ring is 2. The number of amidine groups is 2. The van der Waals surface area contributed by atoms with Crippen molar-refractivity contribution in [3.05, 3.63) is 167 Å². The van der Waals surface area contributed by atoms with Gasteiger partial charge in [0, 0.05) is 23.2 Å². The SMILES string of the molecule is N=C(N)c1ccc(C(=O)N[C@H](CCCCNC(=O)OCc2ccccc2)C(=O)N[C@H](c2ccc(C(=N)N)cc2)P(=O)(Oc2ccccc2)Oc2ccccc2)cc1. The minimum Gasteiger partial charge on any atom is -0.445 e. The summed E-state index contributed by atoms with van der Waals surface area (Å²) in [4.78, 5) is 40.3. The van der Waals surface area contributed by atoms with Crippen molar-refractivity contribution in [2.24, 2.45) is 11.5 Å². The molecule has 0 aliphatic carbocycles. The number of amides is 3. The van der Waals surface area contributed by atoms with E-state index in [0.717, 1.165) is 5.56 Å². The third-order valence-electron chi connectivity index (χ3n) is 8.57. The van der Waals surface area contributed by atoms with E-state index < -0.39 is 37.3 Å². The predicted molar refractivity (Wildman–Crippen MR) is 217 cm³/mol. The van der Waals surface area contributed by atoms with Gasteiger partial charge in [0.2, 0.25) is 5.91 Å². The zero-order valence-electron chi connectivity index (χ0n) is 30.9. The molecule has 0 spiro atoms. The summed E-state index contributed by atoms with van der Waals surface area (Å²) in [5.41, 5.74) is 13.5. The van der Waals surface area contributed by atoms with Crippen LogP contribution in [-0.4, -0.2) is 42.2 Å². The summed E-state index contributed by atoms with van der Waals surface area (Å²) in [7, 11) is -4.43. The van der Waals surface area contributed by atoms with Crippen molar-refractivity contribution in [3.63, 3.8) is 0 Å². The second kappa shape index (κ2) is 20.1. The Balaban J connectivity index is 1.40. The average molecular weight is 790 g/mol. The van der Waals surface area contributed by atoms with Crippen molar-refractivity contribution < 1.29 is 32.7 Å². The van der Waals surface area contributed by atoms with Crippen LogP contribution in [0.15, 0.2) is 140 Å². The van der Waals surface area contributed by atoms with Crippen LogP contribution >= 0.6 is 7.60 Å². The molecule has 0 heterocycles. The number of carbonyl (C=O) groups excluding carboxylic acids is 3. The number of benzene rings is 5. The van der Waals surface area contributed by atoms with Crippen LogP contribution in [0.3, 0.4) is 0 Å². The fraction of sp³-hybridized carbons (Fsp3) is 0.167. The summed E-state index contributed by atoms with van der Waals surface area (Å²) in [5, 5.41) is 23.9. The fourth-order valence-corrected chi connectivity index (χ4v) is 7.46. The van der Waals surface area contributed by atoms with Gasteiger partial charge in [-0.25, -0.2) is 9.36 Å². The number of ether oxygens (including phenoxy) is 1. The first-order valence-corrected chi connectivity index (χ1v) is 19.7. The maximum absolute atomic E-state index is 15.2. The molecule has 57 heavy (non-hydrogen) atoms. The predicted octanol–water partition coefficient (Wildman–Crippen LogP) is 6.62. The molecule has 5 aromatic carbocycles. The van der Waals surface area contributed by atoms with Crippen LogP contribution in [0, 0.1) is 10.8 Å². The number of hydrogen-bond donors (Lipinski definition) is 7. The molecule has 5 aromatic rings. The number of para-hydroxylation sites is 2. The van der Waals surface area contributed by atoms with Crippen LogP contribution in [-0.2, 0) is 20.7 Å². The molecule has 0 fully saturated rings. The largest absolute Gasteiger partial charge is 0.457 e. The van der Waals surface area contributed by atoms with Crippen molar-refractivity contribution in [1.82, 2.24) is 16.0 Å². The van der Waals surface area contributed by atoms with Crippen molar-refractivity contribution in [3.8, 4) is 11.5 Å². The van der Waals surface area contributed by atoms with Crippen molar-refractivity contribution in [2.45, 2.75) is 37.7 Å². The minimum absolute atomic E-state index is 0.110. The van der Waals surface area contributed by atoms with E-state index in [4.69, 9.17) is 36.1 Å². The van der Waals surface area contributed by atoms with Gasteiger partial charge in [0.25, 0.3) is 5.91 Å². The van der Waals surface area contributed by atoms with E-state index in [1.807, 2.05) is 30.3 Å². The Morgan fingerprint density at radius 2 is 1.12 bits per heavy atom. The highest BCUT2D eigenvalue weighted by atomic mass is 31.2. The number of carbonyl (C=O) groups is 3. The molecule has 9 N–H and O–H groups in total. The van der Waals surface area contributed by atoms with E-state index in [2.05, 4.69) is 16.0 Å². The third kappa shape index (κ3) is 12.3. The van der Waals surface area contributed by atoms with Crippen LogP contribution in [0.2, 0.25) is 0 Å². The van der Waals surface area contributed by atoms with E-state index in [9.17, 15) is 14.4 Å². The van der Waals surface area contributed by atoms with Gasteiger partial charge in [0.1, 0.15) is 35.8 Å². The summed E-state index contributed by atoms with van der Waals surface area (Å²) < 4.78 is 32.7. The van der Waals surface area contributed by atoms with Crippen molar-refractivity contribution in [2.75, 3.05) is 6.54 Å². The summed E-state index contributed by atoms with van der Waals surface area (Å²) in [6.07, 6.45) is 0.318. The lowest BCUT2D eigenvalue weighted by molar-refractivity contribution is -0.123. The highest BCUT2D eigenvalue weighted by Gasteiger charge is 2.43. The summed E-state index contributed by atoms with van der Waals surface area (Å²) in [6.45, 7) is 0.345. The van der Waals surface area contributed by atoms with Crippen LogP contribution in [0.1, 0.15) is 57.7 Å². The second-order valence-corrected chi connectivity index (χ2v) is 14.8. The molecule has 0 radical (unpaired) electrons. The highest BCUT2D eigenvalue weighted by Crippen LogP contribution is 2.59. The number of hydrogen-bond acceptors (Lipinski definition) is 9. The van der Waals surface area contributed by atoms with Gasteiger partial charge in [-0.1, -0.05) is 103 Å². The molecule has 0 aromatic heterocycles. The first-order chi connectivity index (χ1) is 27.5. The average Bonchev–Trinajstić information content (AvgIpc) is 3.22. The van der Waals surface area contributed by atoms with Gasteiger partial charge in [-0.05, 0) is 66.8 Å². The Kier molecular flexibility index (Phi) is 14.6. The molecule has 0 saturated carbocycles. The Morgan fingerprint density at radius 1 is 0.632 bits per heavy atom. The minimum atomic E-state index is -4.43. The van der Waals surface area contributed by atoms with Crippen LogP contribution in [0.25, 0.3) is 0 Å². The lowest BCUT2D eigenvalue weighted by Crippen LogP contribution is -2.48. The molecular formula is C42H44N7O7P. The fourth-order valence-electron chi connectivity index (χ4n) is 5.56. The Labute approximate surface area is 330 Å². The van der Waals surface area contributed by atoms with Crippen LogP contribution in [0.4, 0.5) is 4.79 Å². The normalized spacial score (nSPS) is 11.9. The lowest BCUT2D eigenvalue weighted by atomic mass is 10.1. The second-order valence-electron chi connectivity index (χ2n) is 12.8. The topological polar surface area (TPSA) is 232 Å². The zero-order chi connectivity index (χ0) is 40.6. The molecule has 5 rings (SSSR count). The molecule has 294 valence electrons. The standard InChI is InChI=1S/C42H44N7O7P/c43-37(44)30-19-23-32(24-20-30)39(50)48-36(18-10-11-27-47-42(52)54-28-29-12-4-1-5-13-29)40(51)49-41(33-25-21-31(22-26-33)38(45)46)57(53,55-34-14-6-2-7-15-34)56-35-16-8-3-9-17-35/h1-9,12-17,19-26,36,41H,10-11,18,27-28H2,(H3,43,44)(H3,45,46)(H,47,52)(H,48,50)(H,49,51)/t36-,41+/m1/s1. The van der Waals surface area contributed by atoms with Gasteiger partial charge in [-0.15, -0.1) is 0 Å². The molecule has 15 heteroatoms. The van der Waals surface area contributed by atoms with E-state index in [-0.39, 0.29) is 48.3 Å². The van der Waals surface area contributed by atoms with Gasteiger partial charge in [-0.2, -0.15) is 0 Å². The van der Waals surface area contributed by atoms with Gasteiger partial charge in [0.15, 0.2) is 5.78 Å². The molecule has 0 aliphatic rings. The Bertz CT molecular complexity index is 2130. The molecule has 0 saturated heterocycles. The quantitative estimate of drug-likeness (QED) is 0.0206. The van der Waals surface area contributed by atoms with E-state index >= 15 is 4.57 Å². The number of nitrogens with one attached hydrogen (secondary N) is 5. The van der Waals surface area contributed by atoms with Gasteiger partial charge >= 0.3 is 13.7 Å². The summed E-state index contributed by atoms with van der Waals surface area (Å²) in [5.74, 6) is -2.65. The molecular weight excluding hydrogens is 745 g/mol. The molecule has 3 amide bonds. The monoisotopic (exact) mass is 789 g/mol. The smallest absolute Gasteiger partial charge is 0.445 e. The number of alkyl carbamates (subject to hydrolysis) is 1. The zero-order valence-corrected chi connectivity index (χ0v) is 31.8. The number of rotatable bonds is 19. The summed E-state index contributed by atoms with van der Waals surface area (Å²) >= 11 is 0. The molecule has 14 nitrogen and oxygen atoms in total. The molecule has 2 atom stereocenters. The van der Waals surface area contributed by atoms with Crippen molar-refractivity contribution >= 4 is 37.2 Å². The van der Waals surface area contributed by atoms with Gasteiger partial charge in [0.05, 0.1) is 0 Å². The molecule has 0 bridgehead atoms. The van der Waals surface area contributed by atoms with E-state index in [0.29, 0.717) is 29.5 Å². The lowest BCUT2D eigenvalue weighted by Gasteiger charge is -2.30. The molecule has 0 aliphatic heterocycles. The van der Waals surface area contributed by atoms with Crippen LogP contribution < -0.4 is 36.5 Å². The number of nitrogens with two attached hydrogens (primary N) is 2. The van der Waals surface area contributed by atoms with E-state index in [1.165, 1.54) is 24.3 Å². The first-order valence-electron chi connectivity index (χ1n) is 18.0. The third-order valence-corrected chi connectivity index (χ3v) is 10.6. The summed E-state index contributed by atoms with van der Waals surface area (Å²) in [6, 6.07) is 37.0. The Hall–Kier alpha value is -6.92. The van der Waals surface area contributed by atoms with Crippen molar-refractivity contribution in [1.29, 1.82) is 10.8 Å². The van der Waals surface area contributed by atoms with E-state index in [1.54, 1.807) is 84.9 Å². The van der Waals surface area contributed by atoms with Gasteiger partial charge in [-0.3, -0.25) is 20.4 Å². The van der Waals surface area contributed by atoms with Gasteiger partial charge < -0.3 is 41.2 Å². The first kappa shape index (κ1) is 41.2. The maximum atomic E-state index is 15.2. The Morgan fingerprint density at radius 3 is 1.65 bits per heavy atom. The maximum Gasteiger partial charge on any atom is 0.457 e. The molecule has 0 unspecified atom stereocenters. The highest BCUT2D eigenvalue weighted by molar-refractivity contribution is 7.55. The van der Waals surface area contributed by atoms with Crippen LogP contribution in [0.5, 0.6) is 11.5 Å².